The van der Waals surface area contributed by atoms with E-state index >= 15 is 0 Å². The van der Waals surface area contributed by atoms with Crippen molar-refractivity contribution >= 4 is 5.91 Å². The summed E-state index contributed by atoms with van der Waals surface area (Å²) in [5.41, 5.74) is 0.839. The van der Waals surface area contributed by atoms with Crippen LogP contribution in [0.5, 0.6) is 5.88 Å². The summed E-state index contributed by atoms with van der Waals surface area (Å²) in [4.78, 5) is 17.7. The lowest BCUT2D eigenvalue weighted by Crippen LogP contribution is -2.30. The van der Waals surface area contributed by atoms with E-state index in [0.29, 0.717) is 12.1 Å². The molecule has 0 radical (unpaired) electrons. The molecule has 1 aromatic heterocycles. The largest absolute Gasteiger partial charge is 0.468 e. The van der Waals surface area contributed by atoms with E-state index in [4.69, 9.17) is 0 Å². The number of halogens is 4. The maximum atomic E-state index is 13.2. The van der Waals surface area contributed by atoms with Crippen LogP contribution in [0.1, 0.15) is 22.8 Å². The molecule has 0 unspecified atom stereocenters. The number of benzene rings is 1. The maximum Gasteiger partial charge on any atom is 0.422 e. The molecule has 2 aromatic rings. The third-order valence-corrected chi connectivity index (χ3v) is 3.30. The maximum absolute atomic E-state index is 13.2. The molecule has 0 saturated carbocycles. The molecule has 1 heterocycles. The molecule has 0 saturated heterocycles. The minimum Gasteiger partial charge on any atom is -0.468 e. The fourth-order valence-electron chi connectivity index (χ4n) is 2.11. The quantitative estimate of drug-likeness (QED) is 0.739. The van der Waals surface area contributed by atoms with Crippen molar-refractivity contribution in [3.05, 3.63) is 59.5 Å². The highest BCUT2D eigenvalue weighted by Crippen LogP contribution is 2.18. The van der Waals surface area contributed by atoms with Gasteiger partial charge in [-0.05, 0) is 30.7 Å². The summed E-state index contributed by atoms with van der Waals surface area (Å²) in [5.74, 6) is -0.975. The van der Waals surface area contributed by atoms with Crippen LogP contribution in [0.15, 0.2) is 42.6 Å². The van der Waals surface area contributed by atoms with Gasteiger partial charge in [0.25, 0.3) is 5.91 Å². The van der Waals surface area contributed by atoms with Crippen LogP contribution in [0.4, 0.5) is 17.6 Å². The van der Waals surface area contributed by atoms with Crippen molar-refractivity contribution in [2.75, 3.05) is 13.2 Å². The third kappa shape index (κ3) is 5.74. The first-order chi connectivity index (χ1) is 11.8. The van der Waals surface area contributed by atoms with Gasteiger partial charge < -0.3 is 9.64 Å². The molecule has 2 rings (SSSR count). The lowest BCUT2D eigenvalue weighted by Gasteiger charge is -2.21. The van der Waals surface area contributed by atoms with Crippen LogP contribution in [0.25, 0.3) is 0 Å². The van der Waals surface area contributed by atoms with Crippen molar-refractivity contribution in [1.82, 2.24) is 9.88 Å². The number of ether oxygens (including phenoxy) is 1. The molecule has 4 nitrogen and oxygen atoms in total. The van der Waals surface area contributed by atoms with Crippen molar-refractivity contribution < 1.29 is 27.1 Å². The average Bonchev–Trinajstić information content (AvgIpc) is 2.57. The van der Waals surface area contributed by atoms with Gasteiger partial charge in [0.2, 0.25) is 5.88 Å². The Kier molecular flexibility index (Phi) is 5.95. The highest BCUT2D eigenvalue weighted by molar-refractivity contribution is 5.93. The molecule has 0 bridgehead atoms. The van der Waals surface area contributed by atoms with Crippen molar-refractivity contribution in [2.24, 2.45) is 0 Å². The average molecular weight is 356 g/mol. The van der Waals surface area contributed by atoms with Crippen LogP contribution in [0.2, 0.25) is 0 Å². The predicted octanol–water partition coefficient (Wildman–Crippen LogP) is 3.82. The lowest BCUT2D eigenvalue weighted by atomic mass is 10.2. The van der Waals surface area contributed by atoms with Gasteiger partial charge in [-0.1, -0.05) is 12.1 Å². The van der Waals surface area contributed by atoms with E-state index in [2.05, 4.69) is 9.72 Å². The smallest absolute Gasteiger partial charge is 0.422 e. The second-order valence-electron chi connectivity index (χ2n) is 5.24. The summed E-state index contributed by atoms with van der Waals surface area (Å²) in [7, 11) is 0. The highest BCUT2D eigenvalue weighted by atomic mass is 19.4. The SMILES string of the molecule is CCN(Cc1cccc(F)c1)C(=O)c1ccc(OCC(F)(F)F)nc1. The Bertz CT molecular complexity index is 717. The number of hydrogen-bond donors (Lipinski definition) is 0. The van der Waals surface area contributed by atoms with Crippen molar-refractivity contribution in [3.63, 3.8) is 0 Å². The summed E-state index contributed by atoms with van der Waals surface area (Å²) >= 11 is 0. The van der Waals surface area contributed by atoms with Crippen LogP contribution in [-0.2, 0) is 6.54 Å². The number of nitrogens with zero attached hydrogens (tertiary/aromatic N) is 2. The summed E-state index contributed by atoms with van der Waals surface area (Å²) in [6.07, 6.45) is -3.30. The van der Waals surface area contributed by atoms with E-state index in [1.165, 1.54) is 29.2 Å². The zero-order valence-electron chi connectivity index (χ0n) is 13.4. The lowest BCUT2D eigenvalue weighted by molar-refractivity contribution is -0.154. The number of hydrogen-bond acceptors (Lipinski definition) is 3. The summed E-state index contributed by atoms with van der Waals surface area (Å²) in [6, 6.07) is 8.44. The zero-order valence-corrected chi connectivity index (χ0v) is 13.4. The minimum absolute atomic E-state index is 0.206. The number of aromatic nitrogens is 1. The molecule has 0 fully saturated rings. The van der Waals surface area contributed by atoms with Gasteiger partial charge in [0.15, 0.2) is 6.61 Å². The summed E-state index contributed by atoms with van der Waals surface area (Å²) in [5, 5.41) is 0. The van der Waals surface area contributed by atoms with Gasteiger partial charge in [-0.2, -0.15) is 13.2 Å². The molecular formula is C17H16F4N2O2. The fraction of sp³-hybridized carbons (Fsp3) is 0.294. The van der Waals surface area contributed by atoms with Gasteiger partial charge in [0.1, 0.15) is 5.82 Å². The molecule has 0 spiro atoms. The molecule has 0 aliphatic carbocycles. The summed E-state index contributed by atoms with van der Waals surface area (Å²) in [6.45, 7) is 0.903. The van der Waals surface area contributed by atoms with E-state index in [-0.39, 0.29) is 23.9 Å². The Labute approximate surface area is 142 Å². The Balaban J connectivity index is 2.04. The number of amides is 1. The minimum atomic E-state index is -4.46. The number of carbonyl (C=O) groups is 1. The molecular weight excluding hydrogens is 340 g/mol. The normalized spacial score (nSPS) is 11.2. The molecule has 1 amide bonds. The van der Waals surface area contributed by atoms with Gasteiger partial charge >= 0.3 is 6.18 Å². The van der Waals surface area contributed by atoms with Gasteiger partial charge in [-0.3, -0.25) is 4.79 Å². The molecule has 0 N–H and O–H groups in total. The van der Waals surface area contributed by atoms with E-state index in [0.717, 1.165) is 6.20 Å². The van der Waals surface area contributed by atoms with Crippen LogP contribution < -0.4 is 4.74 Å². The Morgan fingerprint density at radius 1 is 1.24 bits per heavy atom. The molecule has 8 heteroatoms. The predicted molar refractivity (Wildman–Crippen MR) is 82.6 cm³/mol. The monoisotopic (exact) mass is 356 g/mol. The molecule has 0 aliphatic heterocycles. The Morgan fingerprint density at radius 2 is 2.00 bits per heavy atom. The zero-order chi connectivity index (χ0) is 18.4. The Morgan fingerprint density at radius 3 is 2.56 bits per heavy atom. The standard InChI is InChI=1S/C17H16F4N2O2/c1-2-23(10-12-4-3-5-14(18)8-12)16(24)13-6-7-15(22-9-13)25-11-17(19,20)21/h3-9H,2,10-11H2,1H3. The van der Waals surface area contributed by atoms with E-state index in [1.54, 1.807) is 19.1 Å². The van der Waals surface area contributed by atoms with Gasteiger partial charge in [-0.15, -0.1) is 0 Å². The topological polar surface area (TPSA) is 42.4 Å². The molecule has 25 heavy (non-hydrogen) atoms. The second-order valence-corrected chi connectivity index (χ2v) is 5.24. The fourth-order valence-corrected chi connectivity index (χ4v) is 2.11. The number of alkyl halides is 3. The number of rotatable bonds is 6. The highest BCUT2D eigenvalue weighted by Gasteiger charge is 2.28. The van der Waals surface area contributed by atoms with Crippen LogP contribution in [0, 0.1) is 5.82 Å². The van der Waals surface area contributed by atoms with E-state index < -0.39 is 18.6 Å². The van der Waals surface area contributed by atoms with Gasteiger partial charge in [0, 0.05) is 25.4 Å². The van der Waals surface area contributed by atoms with Crippen molar-refractivity contribution in [2.45, 2.75) is 19.6 Å². The van der Waals surface area contributed by atoms with E-state index in [9.17, 15) is 22.4 Å². The van der Waals surface area contributed by atoms with Crippen LogP contribution in [-0.4, -0.2) is 35.1 Å². The van der Waals surface area contributed by atoms with Crippen LogP contribution >= 0.6 is 0 Å². The van der Waals surface area contributed by atoms with Crippen molar-refractivity contribution in [1.29, 1.82) is 0 Å². The first-order valence-corrected chi connectivity index (χ1v) is 7.48. The van der Waals surface area contributed by atoms with Crippen LogP contribution in [0.3, 0.4) is 0 Å². The van der Waals surface area contributed by atoms with E-state index in [1.807, 2.05) is 0 Å². The third-order valence-electron chi connectivity index (χ3n) is 3.30. The molecule has 1 aromatic carbocycles. The Hall–Kier alpha value is -2.64. The first kappa shape index (κ1) is 18.7. The summed E-state index contributed by atoms with van der Waals surface area (Å²) < 4.78 is 54.0. The van der Waals surface area contributed by atoms with Gasteiger partial charge in [-0.25, -0.2) is 9.37 Å². The first-order valence-electron chi connectivity index (χ1n) is 7.48. The molecule has 134 valence electrons. The van der Waals surface area contributed by atoms with Gasteiger partial charge in [0.05, 0.1) is 5.56 Å². The van der Waals surface area contributed by atoms with Crippen molar-refractivity contribution in [3.8, 4) is 5.88 Å². The number of pyridine rings is 1. The second kappa shape index (κ2) is 7.96. The number of carbonyl (C=O) groups excluding carboxylic acids is 1. The molecule has 0 atom stereocenters. The molecule has 0 aliphatic rings.